The Balaban J connectivity index is 1.94. The fraction of sp³-hybridized carbons (Fsp3) is 1.00. The van der Waals surface area contributed by atoms with Gasteiger partial charge in [-0.1, -0.05) is 26.7 Å². The van der Waals surface area contributed by atoms with Crippen LogP contribution in [0.1, 0.15) is 66.7 Å². The molecule has 1 aliphatic rings. The Labute approximate surface area is 121 Å². The molecule has 1 rings (SSSR count). The van der Waals surface area contributed by atoms with Gasteiger partial charge in [-0.25, -0.2) is 0 Å². The molecule has 0 aromatic carbocycles. The van der Waals surface area contributed by atoms with E-state index >= 15 is 0 Å². The summed E-state index contributed by atoms with van der Waals surface area (Å²) in [7, 11) is 0. The number of likely N-dealkylation sites (tertiary alicyclic amines) is 1. The third kappa shape index (κ3) is 7.94. The van der Waals surface area contributed by atoms with Gasteiger partial charge in [-0.15, -0.1) is 0 Å². The third-order valence-corrected chi connectivity index (χ3v) is 4.47. The zero-order valence-corrected chi connectivity index (χ0v) is 14.0. The van der Waals surface area contributed by atoms with Gasteiger partial charge < -0.3 is 10.2 Å². The van der Waals surface area contributed by atoms with Crippen LogP contribution >= 0.6 is 0 Å². The quantitative estimate of drug-likeness (QED) is 0.704. The molecule has 2 heteroatoms. The zero-order valence-electron chi connectivity index (χ0n) is 14.0. The Bertz CT molecular complexity index is 232. The van der Waals surface area contributed by atoms with E-state index in [1.165, 1.54) is 58.3 Å². The first-order valence-corrected chi connectivity index (χ1v) is 8.36. The van der Waals surface area contributed by atoms with Crippen molar-refractivity contribution >= 4 is 0 Å². The van der Waals surface area contributed by atoms with Crippen LogP contribution in [0.15, 0.2) is 0 Å². The summed E-state index contributed by atoms with van der Waals surface area (Å²) in [6.07, 6.45) is 6.88. The maximum atomic E-state index is 3.56. The van der Waals surface area contributed by atoms with Gasteiger partial charge in [0.25, 0.3) is 0 Å². The molecule has 1 fully saturated rings. The second-order valence-corrected chi connectivity index (χ2v) is 7.63. The van der Waals surface area contributed by atoms with Crippen LogP contribution in [0, 0.1) is 11.8 Å². The summed E-state index contributed by atoms with van der Waals surface area (Å²) < 4.78 is 0. The Hall–Kier alpha value is -0.0800. The fourth-order valence-electron chi connectivity index (χ4n) is 2.83. The van der Waals surface area contributed by atoms with Crippen molar-refractivity contribution < 1.29 is 0 Å². The molecule has 0 radical (unpaired) electrons. The number of piperidine rings is 1. The molecule has 2 unspecified atom stereocenters. The van der Waals surface area contributed by atoms with E-state index in [1.54, 1.807) is 0 Å². The summed E-state index contributed by atoms with van der Waals surface area (Å²) in [4.78, 5) is 2.68. The zero-order chi connectivity index (χ0) is 14.3. The molecule has 0 aromatic rings. The normalized spacial score (nSPS) is 25.7. The topological polar surface area (TPSA) is 15.3 Å². The Morgan fingerprint density at radius 1 is 1.00 bits per heavy atom. The number of nitrogens with zero attached hydrogens (tertiary/aromatic N) is 1. The Morgan fingerprint density at radius 3 is 2.32 bits per heavy atom. The van der Waals surface area contributed by atoms with E-state index in [2.05, 4.69) is 44.8 Å². The molecular formula is C17H36N2. The largest absolute Gasteiger partial charge is 0.312 e. The van der Waals surface area contributed by atoms with E-state index < -0.39 is 0 Å². The second-order valence-electron chi connectivity index (χ2n) is 7.63. The van der Waals surface area contributed by atoms with Gasteiger partial charge in [0.15, 0.2) is 0 Å². The van der Waals surface area contributed by atoms with Crippen LogP contribution in [0.4, 0.5) is 0 Å². The van der Waals surface area contributed by atoms with Crippen LogP contribution in [0.3, 0.4) is 0 Å². The molecule has 1 aliphatic heterocycles. The van der Waals surface area contributed by atoms with Gasteiger partial charge in [0.05, 0.1) is 0 Å². The summed E-state index contributed by atoms with van der Waals surface area (Å²) in [5.41, 5.74) is 0.278. The van der Waals surface area contributed by atoms with E-state index in [9.17, 15) is 0 Å². The van der Waals surface area contributed by atoms with Crippen LogP contribution in [-0.2, 0) is 0 Å². The Morgan fingerprint density at radius 2 is 1.68 bits per heavy atom. The van der Waals surface area contributed by atoms with Crippen LogP contribution in [0.25, 0.3) is 0 Å². The first kappa shape index (κ1) is 17.0. The van der Waals surface area contributed by atoms with Crippen molar-refractivity contribution in [3.63, 3.8) is 0 Å². The third-order valence-electron chi connectivity index (χ3n) is 4.47. The van der Waals surface area contributed by atoms with Gasteiger partial charge in [-0.3, -0.25) is 0 Å². The summed E-state index contributed by atoms with van der Waals surface area (Å²) in [5.74, 6) is 1.82. The summed E-state index contributed by atoms with van der Waals surface area (Å²) in [6.45, 7) is 16.7. The molecule has 0 aliphatic carbocycles. The predicted molar refractivity (Wildman–Crippen MR) is 85.6 cm³/mol. The molecule has 0 aromatic heterocycles. The van der Waals surface area contributed by atoms with Crippen LogP contribution < -0.4 is 5.32 Å². The molecule has 2 nitrogen and oxygen atoms in total. The lowest BCUT2D eigenvalue weighted by atomic mass is 9.88. The van der Waals surface area contributed by atoms with Gasteiger partial charge in [0.1, 0.15) is 0 Å². The average molecular weight is 268 g/mol. The molecule has 1 N–H and O–H groups in total. The molecule has 1 heterocycles. The lowest BCUT2D eigenvalue weighted by Crippen LogP contribution is -2.38. The molecular weight excluding hydrogens is 232 g/mol. The van der Waals surface area contributed by atoms with Crippen LogP contribution in [0.5, 0.6) is 0 Å². The Kier molecular flexibility index (Phi) is 7.38. The van der Waals surface area contributed by atoms with Crippen molar-refractivity contribution in [2.24, 2.45) is 11.8 Å². The maximum absolute atomic E-state index is 3.56. The van der Waals surface area contributed by atoms with Gasteiger partial charge in [0.2, 0.25) is 0 Å². The molecule has 19 heavy (non-hydrogen) atoms. The van der Waals surface area contributed by atoms with Gasteiger partial charge in [-0.05, 0) is 71.5 Å². The minimum atomic E-state index is 0.278. The molecule has 2 atom stereocenters. The highest BCUT2D eigenvalue weighted by atomic mass is 15.1. The average Bonchev–Trinajstić information content (AvgIpc) is 2.31. The number of rotatable bonds is 7. The lowest BCUT2D eigenvalue weighted by Gasteiger charge is -2.35. The summed E-state index contributed by atoms with van der Waals surface area (Å²) in [6, 6.07) is 0. The van der Waals surface area contributed by atoms with Crippen molar-refractivity contribution in [1.82, 2.24) is 10.2 Å². The lowest BCUT2D eigenvalue weighted by molar-refractivity contribution is 0.136. The van der Waals surface area contributed by atoms with E-state index in [-0.39, 0.29) is 5.54 Å². The van der Waals surface area contributed by atoms with Crippen LogP contribution in [0.2, 0.25) is 0 Å². The van der Waals surface area contributed by atoms with E-state index in [0.717, 1.165) is 11.8 Å². The first-order chi connectivity index (χ1) is 8.88. The maximum Gasteiger partial charge on any atom is 0.00965 e. The van der Waals surface area contributed by atoms with Crippen molar-refractivity contribution in [3.8, 4) is 0 Å². The molecule has 114 valence electrons. The van der Waals surface area contributed by atoms with Crippen molar-refractivity contribution in [2.75, 3.05) is 26.2 Å². The predicted octanol–water partition coefficient (Wildman–Crippen LogP) is 3.91. The first-order valence-electron chi connectivity index (χ1n) is 8.36. The fourth-order valence-corrected chi connectivity index (χ4v) is 2.83. The van der Waals surface area contributed by atoms with Gasteiger partial charge in [0, 0.05) is 12.1 Å². The number of hydrogen-bond donors (Lipinski definition) is 1. The monoisotopic (exact) mass is 268 g/mol. The highest BCUT2D eigenvalue weighted by molar-refractivity contribution is 4.75. The van der Waals surface area contributed by atoms with E-state index in [4.69, 9.17) is 0 Å². The minimum Gasteiger partial charge on any atom is -0.312 e. The molecule has 0 amide bonds. The van der Waals surface area contributed by atoms with Crippen molar-refractivity contribution in [3.05, 3.63) is 0 Å². The number of nitrogens with one attached hydrogen (secondary N) is 1. The highest BCUT2D eigenvalue weighted by Gasteiger charge is 2.21. The summed E-state index contributed by atoms with van der Waals surface area (Å²) in [5, 5.41) is 3.56. The highest BCUT2D eigenvalue weighted by Crippen LogP contribution is 2.22. The van der Waals surface area contributed by atoms with Crippen molar-refractivity contribution in [2.45, 2.75) is 72.3 Å². The molecule has 0 spiro atoms. The van der Waals surface area contributed by atoms with Gasteiger partial charge >= 0.3 is 0 Å². The molecule has 0 saturated carbocycles. The smallest absolute Gasteiger partial charge is 0.00965 e. The molecule has 0 bridgehead atoms. The van der Waals surface area contributed by atoms with Gasteiger partial charge in [-0.2, -0.15) is 0 Å². The molecule has 1 saturated heterocycles. The minimum absolute atomic E-state index is 0.278. The number of unbranched alkanes of at least 4 members (excludes halogenated alkanes) is 3. The van der Waals surface area contributed by atoms with Crippen molar-refractivity contribution in [1.29, 1.82) is 0 Å². The van der Waals surface area contributed by atoms with E-state index in [0.29, 0.717) is 0 Å². The standard InChI is InChI=1S/C17H36N2/c1-15-10-13-19(14-16(15)2)12-9-7-6-8-11-18-17(3,4)5/h15-16,18H,6-14H2,1-5H3. The SMILES string of the molecule is CC1CCN(CCCCCCNC(C)(C)C)CC1C. The summed E-state index contributed by atoms with van der Waals surface area (Å²) >= 11 is 0. The van der Waals surface area contributed by atoms with E-state index in [1.807, 2.05) is 0 Å². The second kappa shape index (κ2) is 8.26. The number of hydrogen-bond acceptors (Lipinski definition) is 2. The van der Waals surface area contributed by atoms with Crippen LogP contribution in [-0.4, -0.2) is 36.6 Å².